The topological polar surface area (TPSA) is 118 Å². The summed E-state index contributed by atoms with van der Waals surface area (Å²) in [5, 5.41) is 9.34. The minimum Gasteiger partial charge on any atom is -0.652 e. The van der Waals surface area contributed by atoms with Crippen LogP contribution < -0.4 is 0 Å². The van der Waals surface area contributed by atoms with Gasteiger partial charge in [0.2, 0.25) is 0 Å². The molecule has 0 saturated heterocycles. The number of aromatic nitrogens is 6. The van der Waals surface area contributed by atoms with Gasteiger partial charge in [-0.25, -0.2) is 0 Å². The van der Waals surface area contributed by atoms with Gasteiger partial charge >= 0.3 is 21.1 Å². The van der Waals surface area contributed by atoms with E-state index >= 15 is 0 Å². The van der Waals surface area contributed by atoms with Crippen LogP contribution >= 0.6 is 0 Å². The fourth-order valence-electron chi connectivity index (χ4n) is 4.34. The van der Waals surface area contributed by atoms with Gasteiger partial charge in [-0.2, -0.15) is 0 Å². The molecule has 0 N–H and O–H groups in total. The van der Waals surface area contributed by atoms with E-state index in [1.807, 2.05) is 109 Å². The normalized spacial score (nSPS) is 11.9. The molecule has 0 aliphatic heterocycles. The maximum atomic E-state index is 4.95. The Kier molecular flexibility index (Phi) is 14.5. The van der Waals surface area contributed by atoms with E-state index in [2.05, 4.69) is 35.2 Å². The van der Waals surface area contributed by atoms with Gasteiger partial charge in [0.15, 0.2) is 0 Å². The summed E-state index contributed by atoms with van der Waals surface area (Å²) in [5.74, 6) is 0. The van der Waals surface area contributed by atoms with Crippen LogP contribution in [-0.2, 0) is 40.7 Å². The molecule has 0 saturated carbocycles. The Balaban J connectivity index is 0.000000253. The zero-order chi connectivity index (χ0) is 30.8. The van der Waals surface area contributed by atoms with E-state index in [1.165, 1.54) is 0 Å². The molecular formula is C36H33MoN9. The largest absolute Gasteiger partial charge is 2.00 e. The van der Waals surface area contributed by atoms with Crippen LogP contribution in [0.25, 0.3) is 10.6 Å². The second-order valence-electron chi connectivity index (χ2n) is 9.78. The minimum atomic E-state index is -0.341. The molecule has 228 valence electrons. The summed E-state index contributed by atoms with van der Waals surface area (Å²) < 4.78 is 0. The molecule has 0 fully saturated rings. The molecule has 9 nitrogen and oxygen atoms in total. The van der Waals surface area contributed by atoms with Crippen LogP contribution in [0, 0.1) is 0 Å². The molecule has 6 rings (SSSR count). The number of pyridine rings is 6. The van der Waals surface area contributed by atoms with Crippen molar-refractivity contribution in [3.05, 3.63) is 191 Å². The van der Waals surface area contributed by atoms with Crippen molar-refractivity contribution >= 4 is 6.21 Å². The Morgan fingerprint density at radius 2 is 0.957 bits per heavy atom. The molecule has 2 atom stereocenters. The first-order valence-electron chi connectivity index (χ1n) is 14.6. The monoisotopic (exact) mass is 689 g/mol. The molecule has 6 aromatic heterocycles. The molecule has 0 bridgehead atoms. The Morgan fingerprint density at radius 3 is 1.41 bits per heavy atom. The van der Waals surface area contributed by atoms with Crippen LogP contribution in [0.3, 0.4) is 0 Å². The van der Waals surface area contributed by atoms with Gasteiger partial charge in [0.25, 0.3) is 0 Å². The van der Waals surface area contributed by atoms with E-state index in [0.717, 1.165) is 34.2 Å². The van der Waals surface area contributed by atoms with Gasteiger partial charge in [-0.05, 0) is 72.8 Å². The van der Waals surface area contributed by atoms with Crippen LogP contribution in [0.1, 0.15) is 46.2 Å². The van der Waals surface area contributed by atoms with Crippen molar-refractivity contribution in [1.29, 1.82) is 0 Å². The zero-order valence-electron chi connectivity index (χ0n) is 25.1. The van der Waals surface area contributed by atoms with Crippen LogP contribution in [0.15, 0.2) is 151 Å². The van der Waals surface area contributed by atoms with Gasteiger partial charge in [0, 0.05) is 66.2 Å². The molecule has 0 radical (unpaired) electrons. The first-order valence-corrected chi connectivity index (χ1v) is 14.6. The summed E-state index contributed by atoms with van der Waals surface area (Å²) in [6.07, 6.45) is 12.4. The van der Waals surface area contributed by atoms with Crippen molar-refractivity contribution in [2.45, 2.75) is 31.7 Å². The van der Waals surface area contributed by atoms with Crippen LogP contribution in [0.2, 0.25) is 0 Å². The number of rotatable bonds is 12. The predicted octanol–water partition coefficient (Wildman–Crippen LogP) is 7.29. The summed E-state index contributed by atoms with van der Waals surface area (Å²) in [6.45, 7) is 1.76. The Hall–Kier alpha value is -4.82. The van der Waals surface area contributed by atoms with E-state index in [4.69, 9.17) is 10.3 Å². The Bertz CT molecular complexity index is 1620. The average molecular weight is 688 g/mol. The Labute approximate surface area is 284 Å². The van der Waals surface area contributed by atoms with Crippen LogP contribution in [0.5, 0.6) is 0 Å². The smallest absolute Gasteiger partial charge is 0.652 e. The van der Waals surface area contributed by atoms with E-state index in [0.29, 0.717) is 19.6 Å². The summed E-state index contributed by atoms with van der Waals surface area (Å²) >= 11 is 0. The molecule has 1 unspecified atom stereocenters. The predicted molar refractivity (Wildman–Crippen MR) is 176 cm³/mol. The fourth-order valence-corrected chi connectivity index (χ4v) is 4.34. The van der Waals surface area contributed by atoms with Crippen molar-refractivity contribution in [3.8, 4) is 0 Å². The summed E-state index contributed by atoms with van der Waals surface area (Å²) in [6, 6.07) is 34.2. The second kappa shape index (κ2) is 19.5. The van der Waals surface area contributed by atoms with Crippen molar-refractivity contribution in [1.82, 2.24) is 29.9 Å². The SMILES string of the molecule is C(=N[C@H](c1ccccn1)C([N-]Cc1ccccn1)c1ccccn1)c1ccccn1.[Mo+2].c1ccc(C[N-]Cc2ccccn2)nc1. The zero-order valence-corrected chi connectivity index (χ0v) is 27.1. The molecule has 0 aliphatic carbocycles. The van der Waals surface area contributed by atoms with Crippen molar-refractivity contribution < 1.29 is 21.1 Å². The van der Waals surface area contributed by atoms with E-state index < -0.39 is 0 Å². The molecule has 6 heterocycles. The molecule has 0 spiro atoms. The second-order valence-corrected chi connectivity index (χ2v) is 9.78. The first kappa shape index (κ1) is 34.1. The molecule has 0 aliphatic rings. The number of hydrogen-bond donors (Lipinski definition) is 0. The van der Waals surface area contributed by atoms with E-state index in [1.54, 1.807) is 43.4 Å². The van der Waals surface area contributed by atoms with Crippen molar-refractivity contribution in [3.63, 3.8) is 0 Å². The average Bonchev–Trinajstić information content (AvgIpc) is 3.12. The molecule has 6 aromatic rings. The van der Waals surface area contributed by atoms with Crippen LogP contribution in [-0.4, -0.2) is 36.1 Å². The third-order valence-corrected chi connectivity index (χ3v) is 6.51. The van der Waals surface area contributed by atoms with Gasteiger partial charge < -0.3 is 10.6 Å². The van der Waals surface area contributed by atoms with E-state index in [-0.39, 0.29) is 33.1 Å². The first-order chi connectivity index (χ1) is 22.3. The molecule has 0 amide bonds. The van der Waals surface area contributed by atoms with Crippen LogP contribution in [0.4, 0.5) is 0 Å². The third-order valence-electron chi connectivity index (χ3n) is 6.51. The van der Waals surface area contributed by atoms with E-state index in [9.17, 15) is 0 Å². The maximum Gasteiger partial charge on any atom is 2.00 e. The maximum absolute atomic E-state index is 4.95. The fraction of sp³-hybridized carbons (Fsp3) is 0.139. The quantitative estimate of drug-likeness (QED) is 0.0985. The standard InChI is InChI=1S/C24H21N6.C12H12N3.Mo/c1-5-13-25-19(9-1)17-29-23(21-11-3-7-15-27-21)24(22-12-4-8-16-28-22)30-18-20-10-2-6-14-26-20;1-3-7-14-11(5-1)9-13-10-12-6-2-4-8-15-12;/h1-17,23-24H,18H2;1-8H,9-10H2;/q2*-1;+2/t23-,24?;;/m1../s1. The summed E-state index contributed by atoms with van der Waals surface area (Å²) in [4.78, 5) is 31.1. The number of nitrogens with zero attached hydrogens (tertiary/aromatic N) is 9. The Morgan fingerprint density at radius 1 is 0.500 bits per heavy atom. The molecular weight excluding hydrogens is 654 g/mol. The van der Waals surface area contributed by atoms with Crippen molar-refractivity contribution in [2.24, 2.45) is 4.99 Å². The van der Waals surface area contributed by atoms with Gasteiger partial charge in [-0.3, -0.25) is 34.9 Å². The molecule has 10 heteroatoms. The number of hydrogen-bond acceptors (Lipinski definition) is 7. The van der Waals surface area contributed by atoms with Crippen molar-refractivity contribution in [2.75, 3.05) is 0 Å². The molecule has 0 aromatic carbocycles. The van der Waals surface area contributed by atoms with Gasteiger partial charge in [0.1, 0.15) is 0 Å². The minimum absolute atomic E-state index is 0. The van der Waals surface area contributed by atoms with Gasteiger partial charge in [0.05, 0.1) is 17.4 Å². The van der Waals surface area contributed by atoms with Gasteiger partial charge in [-0.15, -0.1) is 19.6 Å². The summed E-state index contributed by atoms with van der Waals surface area (Å²) in [7, 11) is 0. The summed E-state index contributed by atoms with van der Waals surface area (Å²) in [5.41, 5.74) is 5.32. The third kappa shape index (κ3) is 11.3. The molecule has 46 heavy (non-hydrogen) atoms. The number of aliphatic imine (C=N–C) groups is 1. The van der Waals surface area contributed by atoms with Gasteiger partial charge in [-0.1, -0.05) is 42.4 Å².